The number of hydrogen-bond acceptors (Lipinski definition) is 1. The minimum Gasteiger partial charge on any atom is -0.272 e. The third kappa shape index (κ3) is 2.44. The molecule has 72 valence electrons. The Morgan fingerprint density at radius 3 is 2.69 bits per heavy atom. The van der Waals surface area contributed by atoms with E-state index in [9.17, 15) is 0 Å². The second kappa shape index (κ2) is 4.09. The summed E-state index contributed by atoms with van der Waals surface area (Å²) in [6.07, 6.45) is 4.07. The number of allylic oxidation sites excluding steroid dienone is 1. The molecular weight excluding hydrogens is 228 g/mol. The molecule has 0 aliphatic rings. The highest BCUT2D eigenvalue weighted by Gasteiger charge is 2.03. The fourth-order valence-electron chi connectivity index (χ4n) is 1.02. The van der Waals surface area contributed by atoms with Gasteiger partial charge in [0.25, 0.3) is 0 Å². The summed E-state index contributed by atoms with van der Waals surface area (Å²) < 4.78 is 1.89. The Hall–Kier alpha value is -0.570. The summed E-state index contributed by atoms with van der Waals surface area (Å²) >= 11 is 3.53. The second-order valence-corrected chi connectivity index (χ2v) is 4.69. The molecule has 0 saturated carbocycles. The lowest BCUT2D eigenvalue weighted by Gasteiger charge is -2.02. The van der Waals surface area contributed by atoms with E-state index in [4.69, 9.17) is 0 Å². The Morgan fingerprint density at radius 1 is 1.69 bits per heavy atom. The molecule has 1 atom stereocenters. The van der Waals surface area contributed by atoms with Crippen LogP contribution in [0.2, 0.25) is 0 Å². The standard InChI is InChI=1S/C10H15BrN2/c1-7(8(2)11)5-10-6-12-13(4)9(10)3/h5-6,8H,1-4H3/b7-5+. The molecule has 13 heavy (non-hydrogen) atoms. The van der Waals surface area contributed by atoms with Gasteiger partial charge in [0.05, 0.1) is 6.20 Å². The second-order valence-electron chi connectivity index (χ2n) is 3.31. The first-order chi connectivity index (χ1) is 6.02. The van der Waals surface area contributed by atoms with Gasteiger partial charge in [-0.1, -0.05) is 27.6 Å². The predicted octanol–water partition coefficient (Wildman–Crippen LogP) is 2.92. The molecule has 3 heteroatoms. The first-order valence-corrected chi connectivity index (χ1v) is 5.24. The van der Waals surface area contributed by atoms with Gasteiger partial charge in [0.15, 0.2) is 0 Å². The van der Waals surface area contributed by atoms with Crippen LogP contribution in [-0.4, -0.2) is 14.6 Å². The van der Waals surface area contributed by atoms with E-state index in [-0.39, 0.29) is 0 Å². The van der Waals surface area contributed by atoms with Crippen LogP contribution in [0.5, 0.6) is 0 Å². The molecule has 0 spiro atoms. The number of aromatic nitrogens is 2. The van der Waals surface area contributed by atoms with E-state index in [0.717, 1.165) is 0 Å². The summed E-state index contributed by atoms with van der Waals surface area (Å²) in [5.74, 6) is 0. The largest absolute Gasteiger partial charge is 0.272 e. The smallest absolute Gasteiger partial charge is 0.0564 e. The van der Waals surface area contributed by atoms with E-state index in [1.165, 1.54) is 16.8 Å². The van der Waals surface area contributed by atoms with Gasteiger partial charge >= 0.3 is 0 Å². The molecule has 0 aliphatic carbocycles. The van der Waals surface area contributed by atoms with E-state index in [1.54, 1.807) is 0 Å². The number of hydrogen-bond donors (Lipinski definition) is 0. The van der Waals surface area contributed by atoms with Gasteiger partial charge in [0, 0.05) is 23.1 Å². The molecular formula is C10H15BrN2. The lowest BCUT2D eigenvalue weighted by Crippen LogP contribution is -1.94. The minimum atomic E-state index is 0.423. The van der Waals surface area contributed by atoms with Crippen molar-refractivity contribution in [2.45, 2.75) is 25.6 Å². The SMILES string of the molecule is C/C(=C\c1cnn(C)c1C)C(C)Br. The third-order valence-corrected chi connectivity index (χ3v) is 3.01. The fourth-order valence-corrected chi connectivity index (χ4v) is 1.15. The normalized spacial score (nSPS) is 14.7. The van der Waals surface area contributed by atoms with Crippen LogP contribution in [0.1, 0.15) is 25.1 Å². The maximum absolute atomic E-state index is 4.19. The van der Waals surface area contributed by atoms with Crippen LogP contribution in [0.25, 0.3) is 6.08 Å². The summed E-state index contributed by atoms with van der Waals surface area (Å²) in [5.41, 5.74) is 3.72. The van der Waals surface area contributed by atoms with Gasteiger partial charge < -0.3 is 0 Å². The third-order valence-electron chi connectivity index (χ3n) is 2.28. The predicted molar refractivity (Wildman–Crippen MR) is 60.0 cm³/mol. The molecule has 0 N–H and O–H groups in total. The van der Waals surface area contributed by atoms with Crippen molar-refractivity contribution < 1.29 is 0 Å². The van der Waals surface area contributed by atoms with Crippen molar-refractivity contribution in [3.63, 3.8) is 0 Å². The lowest BCUT2D eigenvalue weighted by molar-refractivity contribution is 0.740. The summed E-state index contributed by atoms with van der Waals surface area (Å²) in [5, 5.41) is 4.19. The van der Waals surface area contributed by atoms with E-state index in [0.29, 0.717) is 4.83 Å². The molecule has 1 unspecified atom stereocenters. The van der Waals surface area contributed by atoms with Crippen molar-refractivity contribution in [3.8, 4) is 0 Å². The molecule has 0 aliphatic heterocycles. The van der Waals surface area contributed by atoms with Crippen molar-refractivity contribution >= 4 is 22.0 Å². The topological polar surface area (TPSA) is 17.8 Å². The Bertz CT molecular complexity index is 324. The van der Waals surface area contributed by atoms with E-state index in [2.05, 4.69) is 47.9 Å². The summed E-state index contributed by atoms with van der Waals surface area (Å²) in [7, 11) is 1.96. The van der Waals surface area contributed by atoms with Crippen molar-refractivity contribution in [2.75, 3.05) is 0 Å². The quantitative estimate of drug-likeness (QED) is 0.730. The molecule has 1 aromatic heterocycles. The van der Waals surface area contributed by atoms with Gasteiger partial charge in [-0.2, -0.15) is 5.10 Å². The number of nitrogens with zero attached hydrogens (tertiary/aromatic N) is 2. The number of halogens is 1. The summed E-state index contributed by atoms with van der Waals surface area (Å²) in [6.45, 7) is 6.31. The molecule has 0 radical (unpaired) electrons. The van der Waals surface area contributed by atoms with Crippen molar-refractivity contribution in [2.24, 2.45) is 7.05 Å². The van der Waals surface area contributed by atoms with E-state index >= 15 is 0 Å². The zero-order valence-corrected chi connectivity index (χ0v) is 10.1. The van der Waals surface area contributed by atoms with Crippen LogP contribution in [0, 0.1) is 6.92 Å². The average molecular weight is 243 g/mol. The van der Waals surface area contributed by atoms with Gasteiger partial charge in [-0.05, 0) is 20.8 Å². The van der Waals surface area contributed by atoms with E-state index < -0.39 is 0 Å². The van der Waals surface area contributed by atoms with Gasteiger partial charge in [-0.3, -0.25) is 4.68 Å². The Morgan fingerprint density at radius 2 is 2.31 bits per heavy atom. The van der Waals surface area contributed by atoms with Crippen LogP contribution in [-0.2, 0) is 7.05 Å². The molecule has 0 amide bonds. The molecule has 1 rings (SSSR count). The zero-order chi connectivity index (χ0) is 10.0. The van der Waals surface area contributed by atoms with Gasteiger partial charge in [-0.25, -0.2) is 0 Å². The maximum Gasteiger partial charge on any atom is 0.0564 e. The van der Waals surface area contributed by atoms with Crippen LogP contribution < -0.4 is 0 Å². The van der Waals surface area contributed by atoms with Gasteiger partial charge in [0.1, 0.15) is 0 Å². The van der Waals surface area contributed by atoms with Crippen LogP contribution in [0.15, 0.2) is 11.8 Å². The first kappa shape index (κ1) is 10.5. The van der Waals surface area contributed by atoms with E-state index in [1.807, 2.05) is 17.9 Å². The molecule has 0 fully saturated rings. The molecule has 1 aromatic rings. The monoisotopic (exact) mass is 242 g/mol. The minimum absolute atomic E-state index is 0.423. The number of rotatable bonds is 2. The van der Waals surface area contributed by atoms with Crippen LogP contribution >= 0.6 is 15.9 Å². The van der Waals surface area contributed by atoms with Crippen molar-refractivity contribution in [1.82, 2.24) is 9.78 Å². The molecule has 1 heterocycles. The van der Waals surface area contributed by atoms with Crippen LogP contribution in [0.3, 0.4) is 0 Å². The Balaban J connectivity index is 2.97. The molecule has 0 saturated heterocycles. The number of alkyl halides is 1. The molecule has 0 aromatic carbocycles. The molecule has 2 nitrogen and oxygen atoms in total. The van der Waals surface area contributed by atoms with Crippen LogP contribution in [0.4, 0.5) is 0 Å². The number of aryl methyl sites for hydroxylation is 1. The first-order valence-electron chi connectivity index (χ1n) is 4.33. The Labute approximate surface area is 87.8 Å². The maximum atomic E-state index is 4.19. The van der Waals surface area contributed by atoms with Gasteiger partial charge in [0.2, 0.25) is 0 Å². The average Bonchev–Trinajstić information content (AvgIpc) is 2.36. The lowest BCUT2D eigenvalue weighted by atomic mass is 10.1. The Kier molecular flexibility index (Phi) is 3.31. The van der Waals surface area contributed by atoms with Crippen molar-refractivity contribution in [3.05, 3.63) is 23.0 Å². The zero-order valence-electron chi connectivity index (χ0n) is 8.50. The molecule has 0 bridgehead atoms. The highest BCUT2D eigenvalue weighted by Crippen LogP contribution is 2.16. The van der Waals surface area contributed by atoms with Crippen molar-refractivity contribution in [1.29, 1.82) is 0 Å². The summed E-state index contributed by atoms with van der Waals surface area (Å²) in [6, 6.07) is 0. The highest BCUT2D eigenvalue weighted by atomic mass is 79.9. The van der Waals surface area contributed by atoms with Gasteiger partial charge in [-0.15, -0.1) is 0 Å². The highest BCUT2D eigenvalue weighted by molar-refractivity contribution is 9.09. The fraction of sp³-hybridized carbons (Fsp3) is 0.500. The summed E-state index contributed by atoms with van der Waals surface area (Å²) in [4.78, 5) is 0.423.